The molecule has 0 spiro atoms. The van der Waals surface area contributed by atoms with Gasteiger partial charge in [0, 0.05) is 5.33 Å². The van der Waals surface area contributed by atoms with Crippen LogP contribution in [0.25, 0.3) is 0 Å². The molecule has 0 aromatic heterocycles. The molecule has 27 heavy (non-hydrogen) atoms. The van der Waals surface area contributed by atoms with E-state index in [4.69, 9.17) is 32.1 Å². The minimum Gasteiger partial charge on any atom is -0.372 e. The lowest BCUT2D eigenvalue weighted by atomic mass is 10.6. The van der Waals surface area contributed by atoms with Crippen molar-refractivity contribution in [2.24, 2.45) is 0 Å². The summed E-state index contributed by atoms with van der Waals surface area (Å²) in [6, 6.07) is 0. The van der Waals surface area contributed by atoms with Crippen molar-refractivity contribution in [1.29, 1.82) is 0 Å². The molecule has 2 aliphatic heterocycles. The molecule has 2 aliphatic rings. The average Bonchev–Trinajstić information content (AvgIpc) is 3.52. The Bertz CT molecular complexity index is 359. The second-order valence-electron chi connectivity index (χ2n) is 5.17. The summed E-state index contributed by atoms with van der Waals surface area (Å²) < 4.78 is 47.1. The smallest absolute Gasteiger partial charge is 0.333 e. The molecule has 2 saturated heterocycles. The monoisotopic (exact) mass is 496 g/mol. The molecule has 0 aliphatic carbocycles. The Labute approximate surface area is 173 Å². The Morgan fingerprint density at radius 3 is 1.48 bits per heavy atom. The van der Waals surface area contributed by atoms with Gasteiger partial charge in [0.1, 0.15) is 0 Å². The van der Waals surface area contributed by atoms with E-state index in [2.05, 4.69) is 15.9 Å². The van der Waals surface area contributed by atoms with Crippen LogP contribution in [0.1, 0.15) is 34.6 Å². The largest absolute Gasteiger partial charge is 0.372 e. The van der Waals surface area contributed by atoms with Crippen molar-refractivity contribution < 1.29 is 36.7 Å². The van der Waals surface area contributed by atoms with Crippen LogP contribution in [0.5, 0.6) is 0 Å². The van der Waals surface area contributed by atoms with Crippen LogP contribution in [0.3, 0.4) is 0 Å². The van der Waals surface area contributed by atoms with Crippen LogP contribution >= 0.6 is 32.1 Å². The molecule has 0 N–H and O–H groups in total. The van der Waals surface area contributed by atoms with Crippen LogP contribution in [0.15, 0.2) is 0 Å². The van der Waals surface area contributed by atoms with E-state index in [0.717, 1.165) is 11.9 Å². The van der Waals surface area contributed by atoms with Crippen LogP contribution in [-0.4, -0.2) is 69.9 Å². The van der Waals surface area contributed by atoms with Crippen LogP contribution in [0, 0.1) is 0 Å². The maximum atomic E-state index is 11.7. The zero-order chi connectivity index (χ0) is 20.5. The molecule has 0 radical (unpaired) electrons. The van der Waals surface area contributed by atoms with Crippen molar-refractivity contribution in [3.8, 4) is 0 Å². The number of alkyl halides is 1. The molecular formula is C16H35BrO8P2. The van der Waals surface area contributed by atoms with Gasteiger partial charge in [-0.25, -0.2) is 0 Å². The topological polar surface area (TPSA) is 88.3 Å². The van der Waals surface area contributed by atoms with Crippen molar-refractivity contribution >= 4 is 32.1 Å². The van der Waals surface area contributed by atoms with Gasteiger partial charge in [0.25, 0.3) is 0 Å². The van der Waals surface area contributed by atoms with E-state index in [1.54, 1.807) is 13.8 Å². The van der Waals surface area contributed by atoms with E-state index in [1.807, 2.05) is 20.8 Å². The first-order chi connectivity index (χ1) is 13.0. The first-order valence-corrected chi connectivity index (χ1v) is 13.3. The quantitative estimate of drug-likeness (QED) is 0.205. The summed E-state index contributed by atoms with van der Waals surface area (Å²) in [5.41, 5.74) is 0. The highest BCUT2D eigenvalue weighted by molar-refractivity contribution is 9.09. The minimum absolute atomic E-state index is 0.0916. The van der Waals surface area contributed by atoms with Gasteiger partial charge >= 0.3 is 16.2 Å². The second-order valence-corrected chi connectivity index (χ2v) is 9.14. The zero-order valence-corrected chi connectivity index (χ0v) is 20.4. The first-order valence-electron chi connectivity index (χ1n) is 9.34. The molecule has 2 unspecified atom stereocenters. The predicted molar refractivity (Wildman–Crippen MR) is 111 cm³/mol. The minimum atomic E-state index is -2.84. The third kappa shape index (κ3) is 17.4. The summed E-state index contributed by atoms with van der Waals surface area (Å²) in [6.07, 6.45) is 1.04. The Balaban J connectivity index is 0.000000405. The molecule has 0 aromatic rings. The summed E-state index contributed by atoms with van der Waals surface area (Å²) in [5, 5.41) is 1.01. The molecule has 11 heteroatoms. The number of hydrogen-bond donors (Lipinski definition) is 0. The number of rotatable bonds is 13. The van der Waals surface area contributed by atoms with E-state index in [9.17, 15) is 4.57 Å². The van der Waals surface area contributed by atoms with Crippen molar-refractivity contribution in [3.05, 3.63) is 0 Å². The standard InChI is InChI=1S/C7H15O4P.C6H15O3P.C3H5BrO/c1-3-10-12(8,11-4-2)6-7-5-9-7;1-4-7-10(8-5-2)9-6-3;4-1-3-2-5-3/h7H,3-6H2,1-2H3;4-6H2,1-3H3;3H,1-2H2. The lowest BCUT2D eigenvalue weighted by Crippen LogP contribution is -2.04. The lowest BCUT2D eigenvalue weighted by Gasteiger charge is -2.15. The van der Waals surface area contributed by atoms with E-state index in [-0.39, 0.29) is 6.10 Å². The van der Waals surface area contributed by atoms with E-state index in [0.29, 0.717) is 51.9 Å². The summed E-state index contributed by atoms with van der Waals surface area (Å²) in [6.45, 7) is 13.8. The molecule has 164 valence electrons. The van der Waals surface area contributed by atoms with Crippen molar-refractivity contribution in [1.82, 2.24) is 0 Å². The van der Waals surface area contributed by atoms with Gasteiger partial charge in [0.2, 0.25) is 0 Å². The molecule has 0 amide bonds. The Kier molecular flexibility index (Phi) is 18.3. The maximum Gasteiger partial charge on any atom is 0.333 e. The second kappa shape index (κ2) is 17.7. The number of epoxide rings is 2. The van der Waals surface area contributed by atoms with Gasteiger partial charge in [-0.2, -0.15) is 0 Å². The highest BCUT2D eigenvalue weighted by Gasteiger charge is 2.35. The van der Waals surface area contributed by atoms with Gasteiger partial charge < -0.3 is 32.1 Å². The van der Waals surface area contributed by atoms with Gasteiger partial charge in [-0.15, -0.1) is 0 Å². The van der Waals surface area contributed by atoms with Crippen LogP contribution in [0.4, 0.5) is 0 Å². The summed E-state index contributed by atoms with van der Waals surface area (Å²) in [4.78, 5) is 0. The fourth-order valence-electron chi connectivity index (χ4n) is 1.54. The fraction of sp³-hybridized carbons (Fsp3) is 1.00. The van der Waals surface area contributed by atoms with Gasteiger partial charge in [-0.1, -0.05) is 15.9 Å². The zero-order valence-electron chi connectivity index (χ0n) is 17.1. The summed E-state index contributed by atoms with van der Waals surface area (Å²) in [7, 11) is -3.90. The molecule has 0 aromatic carbocycles. The molecule has 0 saturated carbocycles. The lowest BCUT2D eigenvalue weighted by molar-refractivity contribution is 0.176. The van der Waals surface area contributed by atoms with Gasteiger partial charge in [0.05, 0.1) is 64.6 Å². The molecule has 2 rings (SSSR count). The average molecular weight is 497 g/mol. The number of hydrogen-bond acceptors (Lipinski definition) is 8. The van der Waals surface area contributed by atoms with E-state index >= 15 is 0 Å². The predicted octanol–water partition coefficient (Wildman–Crippen LogP) is 4.75. The van der Waals surface area contributed by atoms with Crippen LogP contribution < -0.4 is 0 Å². The Morgan fingerprint density at radius 2 is 1.26 bits per heavy atom. The highest BCUT2D eigenvalue weighted by Crippen LogP contribution is 2.50. The maximum absolute atomic E-state index is 11.7. The van der Waals surface area contributed by atoms with Crippen molar-refractivity contribution in [2.45, 2.75) is 46.8 Å². The third-order valence-corrected chi connectivity index (χ3v) is 7.05. The Morgan fingerprint density at radius 1 is 0.852 bits per heavy atom. The van der Waals surface area contributed by atoms with Crippen molar-refractivity contribution in [3.63, 3.8) is 0 Å². The van der Waals surface area contributed by atoms with Gasteiger partial charge in [-0.05, 0) is 34.6 Å². The third-order valence-electron chi connectivity index (χ3n) is 2.76. The van der Waals surface area contributed by atoms with Crippen LogP contribution in [-0.2, 0) is 36.7 Å². The van der Waals surface area contributed by atoms with Crippen molar-refractivity contribution in [2.75, 3.05) is 57.7 Å². The summed E-state index contributed by atoms with van der Waals surface area (Å²) in [5.74, 6) is 0. The molecule has 2 fully saturated rings. The highest BCUT2D eigenvalue weighted by atomic mass is 79.9. The normalized spacial score (nSPS) is 20.4. The summed E-state index contributed by atoms with van der Waals surface area (Å²) >= 11 is 3.25. The van der Waals surface area contributed by atoms with Gasteiger partial charge in [-0.3, -0.25) is 4.57 Å². The Hall–Kier alpha value is 0.860. The molecule has 8 nitrogen and oxygen atoms in total. The van der Waals surface area contributed by atoms with E-state index < -0.39 is 16.2 Å². The fourth-order valence-corrected chi connectivity index (χ4v) is 4.56. The van der Waals surface area contributed by atoms with Gasteiger partial charge in [0.15, 0.2) is 0 Å². The van der Waals surface area contributed by atoms with E-state index in [1.165, 1.54) is 0 Å². The SMILES string of the molecule is BrCC1CO1.CCOP(=O)(CC1CO1)OCC.CCOP(OCC)OCC. The molecule has 2 heterocycles. The van der Waals surface area contributed by atoms with Crippen LogP contribution in [0.2, 0.25) is 0 Å². The molecule has 2 atom stereocenters. The number of ether oxygens (including phenoxy) is 2. The number of halogens is 1. The molecule has 0 bridgehead atoms. The first kappa shape index (κ1) is 27.9. The molecular weight excluding hydrogens is 462 g/mol.